The van der Waals surface area contributed by atoms with Crippen LogP contribution >= 0.6 is 0 Å². The van der Waals surface area contributed by atoms with Gasteiger partial charge in [-0.3, -0.25) is 4.79 Å². The normalized spacial score (nSPS) is 36.1. The van der Waals surface area contributed by atoms with Crippen molar-refractivity contribution in [3.63, 3.8) is 0 Å². The molecule has 9 atom stereocenters. The molecule has 1 unspecified atom stereocenters. The van der Waals surface area contributed by atoms with Crippen molar-refractivity contribution < 1.29 is 9.90 Å². The molecule has 3 fully saturated rings. The lowest BCUT2D eigenvalue weighted by Gasteiger charge is -2.60. The van der Waals surface area contributed by atoms with Gasteiger partial charge in [0.15, 0.2) is 0 Å². The maximum atomic E-state index is 14.0. The van der Waals surface area contributed by atoms with Crippen LogP contribution in [0.1, 0.15) is 183 Å². The molecule has 0 aromatic carbocycles. The Balaban J connectivity index is 1.33. The van der Waals surface area contributed by atoms with Crippen LogP contribution in [0.4, 0.5) is 0 Å². The second kappa shape index (κ2) is 16.3. The molecule has 2 heteroatoms. The standard InChI is InChI=1S/C41H72O2/c1-7-8-9-10-11-12-13-14-15-16-17-21-39(43)38-29-33(42)28-32-22-23-34-36-25-24-35(31(4)20-18-19-30(2)3)40(36,5)27-26-37(34)41(32,38)6/h22,30-31,33-38,42H,7-21,23-29H2,1-6H3/t31-,33-,34+,35-,36+,37+,38?,40-,41+/m1/s1. The highest BCUT2D eigenvalue weighted by Gasteiger charge is 2.61. The molecule has 2 nitrogen and oxygen atoms in total. The molecular formula is C41H72O2. The van der Waals surface area contributed by atoms with E-state index in [1.807, 2.05) is 0 Å². The summed E-state index contributed by atoms with van der Waals surface area (Å²) < 4.78 is 0. The molecule has 1 N–H and O–H groups in total. The van der Waals surface area contributed by atoms with E-state index in [0.29, 0.717) is 23.5 Å². The number of hydrogen-bond donors (Lipinski definition) is 1. The summed E-state index contributed by atoms with van der Waals surface area (Å²) in [5.74, 6) is 5.18. The van der Waals surface area contributed by atoms with Gasteiger partial charge in [-0.05, 0) is 92.3 Å². The summed E-state index contributed by atoms with van der Waals surface area (Å²) in [6, 6.07) is 0. The minimum atomic E-state index is -0.335. The summed E-state index contributed by atoms with van der Waals surface area (Å²) in [7, 11) is 0. The summed E-state index contributed by atoms with van der Waals surface area (Å²) in [4.78, 5) is 14.0. The minimum Gasteiger partial charge on any atom is -0.393 e. The maximum Gasteiger partial charge on any atom is 0.136 e. The van der Waals surface area contributed by atoms with E-state index in [4.69, 9.17) is 0 Å². The van der Waals surface area contributed by atoms with E-state index < -0.39 is 0 Å². The molecule has 248 valence electrons. The summed E-state index contributed by atoms with van der Waals surface area (Å²) in [6.45, 7) is 14.7. The van der Waals surface area contributed by atoms with Crippen molar-refractivity contribution in [2.24, 2.45) is 52.3 Å². The molecule has 43 heavy (non-hydrogen) atoms. The van der Waals surface area contributed by atoms with Crippen molar-refractivity contribution in [3.8, 4) is 0 Å². The van der Waals surface area contributed by atoms with Crippen molar-refractivity contribution in [2.45, 2.75) is 189 Å². The number of Topliss-reactive ketones (excluding diaryl/α,β-unsaturated/α-hetero) is 1. The Kier molecular flexibility index (Phi) is 13.3. The average molecular weight is 597 g/mol. The van der Waals surface area contributed by atoms with Crippen molar-refractivity contribution in [2.75, 3.05) is 0 Å². The van der Waals surface area contributed by atoms with Gasteiger partial charge >= 0.3 is 0 Å². The summed E-state index contributed by atoms with van der Waals surface area (Å²) in [5, 5.41) is 10.9. The minimum absolute atomic E-state index is 0.0231. The van der Waals surface area contributed by atoms with Gasteiger partial charge in [-0.2, -0.15) is 0 Å². The monoisotopic (exact) mass is 597 g/mol. The number of aliphatic hydroxyl groups excluding tert-OH is 1. The molecule has 0 amide bonds. The number of carbonyl (C=O) groups is 1. The third-order valence-corrected chi connectivity index (χ3v) is 13.8. The predicted octanol–water partition coefficient (Wildman–Crippen LogP) is 11.9. The first kappa shape index (κ1) is 35.2. The van der Waals surface area contributed by atoms with Gasteiger partial charge in [0, 0.05) is 17.8 Å². The Hall–Kier alpha value is -0.630. The molecule has 4 rings (SSSR count). The zero-order chi connectivity index (χ0) is 31.0. The lowest BCUT2D eigenvalue weighted by atomic mass is 9.44. The van der Waals surface area contributed by atoms with Crippen LogP contribution < -0.4 is 0 Å². The summed E-state index contributed by atoms with van der Waals surface area (Å²) >= 11 is 0. The van der Waals surface area contributed by atoms with Gasteiger partial charge < -0.3 is 5.11 Å². The van der Waals surface area contributed by atoms with Gasteiger partial charge in [0.05, 0.1) is 6.10 Å². The van der Waals surface area contributed by atoms with E-state index in [9.17, 15) is 9.90 Å². The van der Waals surface area contributed by atoms with Crippen LogP contribution in [0.3, 0.4) is 0 Å². The highest BCUT2D eigenvalue weighted by Crippen LogP contribution is 2.68. The molecule has 0 aromatic heterocycles. The lowest BCUT2D eigenvalue weighted by molar-refractivity contribution is -0.136. The molecule has 0 aromatic rings. The molecule has 0 aliphatic heterocycles. The van der Waals surface area contributed by atoms with E-state index in [1.165, 1.54) is 121 Å². The van der Waals surface area contributed by atoms with Crippen molar-refractivity contribution in [1.29, 1.82) is 0 Å². The fourth-order valence-corrected chi connectivity index (χ4v) is 11.4. The smallest absolute Gasteiger partial charge is 0.136 e. The molecule has 0 saturated heterocycles. The lowest BCUT2D eigenvalue weighted by Crippen LogP contribution is -2.55. The summed E-state index contributed by atoms with van der Waals surface area (Å²) in [6.07, 6.45) is 29.8. The zero-order valence-electron chi connectivity index (χ0n) is 29.6. The first-order valence-corrected chi connectivity index (χ1v) is 19.5. The number of ketones is 1. The number of carbonyl (C=O) groups excluding carboxylic acids is 1. The number of hydrogen-bond acceptors (Lipinski definition) is 2. The van der Waals surface area contributed by atoms with Crippen LogP contribution in [0.15, 0.2) is 11.6 Å². The summed E-state index contributed by atoms with van der Waals surface area (Å²) in [5.41, 5.74) is 1.90. The molecule has 4 aliphatic carbocycles. The van der Waals surface area contributed by atoms with Crippen LogP contribution in [0.25, 0.3) is 0 Å². The Labute approximate surface area is 268 Å². The maximum absolute atomic E-state index is 14.0. The molecule has 0 heterocycles. The van der Waals surface area contributed by atoms with Crippen LogP contribution in [-0.2, 0) is 4.79 Å². The highest BCUT2D eigenvalue weighted by atomic mass is 16.3. The van der Waals surface area contributed by atoms with E-state index in [-0.39, 0.29) is 17.4 Å². The van der Waals surface area contributed by atoms with Crippen LogP contribution in [0.2, 0.25) is 0 Å². The Morgan fingerprint density at radius 1 is 0.860 bits per heavy atom. The highest BCUT2D eigenvalue weighted by molar-refractivity contribution is 5.82. The van der Waals surface area contributed by atoms with E-state index in [1.54, 1.807) is 0 Å². The fraction of sp³-hybridized carbons (Fsp3) is 0.927. The number of aliphatic hydroxyl groups is 1. The molecule has 0 bridgehead atoms. The number of unbranched alkanes of at least 4 members (excludes halogenated alkanes) is 10. The van der Waals surface area contributed by atoms with Gasteiger partial charge in [-0.15, -0.1) is 0 Å². The predicted molar refractivity (Wildman–Crippen MR) is 184 cm³/mol. The molecular weight excluding hydrogens is 524 g/mol. The Bertz CT molecular complexity index is 888. The second-order valence-corrected chi connectivity index (χ2v) is 17.1. The van der Waals surface area contributed by atoms with Crippen LogP contribution in [-0.4, -0.2) is 17.0 Å². The largest absolute Gasteiger partial charge is 0.393 e. The van der Waals surface area contributed by atoms with Gasteiger partial charge in [0.1, 0.15) is 5.78 Å². The third kappa shape index (κ3) is 8.21. The molecule has 0 spiro atoms. The van der Waals surface area contributed by atoms with E-state index in [0.717, 1.165) is 48.9 Å². The fourth-order valence-electron chi connectivity index (χ4n) is 11.4. The Morgan fingerprint density at radius 3 is 2.16 bits per heavy atom. The van der Waals surface area contributed by atoms with Crippen LogP contribution in [0.5, 0.6) is 0 Å². The first-order valence-electron chi connectivity index (χ1n) is 19.5. The van der Waals surface area contributed by atoms with Gasteiger partial charge in [0.25, 0.3) is 0 Å². The van der Waals surface area contributed by atoms with Crippen molar-refractivity contribution in [3.05, 3.63) is 11.6 Å². The quantitative estimate of drug-likeness (QED) is 0.126. The van der Waals surface area contributed by atoms with Gasteiger partial charge in [-0.25, -0.2) is 0 Å². The first-order chi connectivity index (χ1) is 20.6. The zero-order valence-corrected chi connectivity index (χ0v) is 29.6. The topological polar surface area (TPSA) is 37.3 Å². The average Bonchev–Trinajstić information content (AvgIpc) is 3.33. The molecule has 4 aliphatic rings. The molecule has 0 radical (unpaired) electrons. The van der Waals surface area contributed by atoms with Gasteiger partial charge in [0.2, 0.25) is 0 Å². The molecule has 3 saturated carbocycles. The number of fused-ring (bicyclic) bond motifs is 5. The van der Waals surface area contributed by atoms with Crippen molar-refractivity contribution >= 4 is 5.78 Å². The third-order valence-electron chi connectivity index (χ3n) is 13.8. The second-order valence-electron chi connectivity index (χ2n) is 17.1. The Morgan fingerprint density at radius 2 is 1.51 bits per heavy atom. The van der Waals surface area contributed by atoms with E-state index in [2.05, 4.69) is 47.6 Å². The van der Waals surface area contributed by atoms with Crippen LogP contribution in [0, 0.1) is 52.3 Å². The number of allylic oxidation sites excluding steroid dienone is 1. The van der Waals surface area contributed by atoms with Crippen molar-refractivity contribution in [1.82, 2.24) is 0 Å². The van der Waals surface area contributed by atoms with E-state index >= 15 is 0 Å². The SMILES string of the molecule is CCCCCCCCCCCCCC(=O)C1C[C@H](O)CC2=CC[C@H]3[C@@H]4CC[C@H]([C@H](C)CCCC(C)C)[C@@]4(C)CC[C@@H]3[C@]21C. The van der Waals surface area contributed by atoms with Gasteiger partial charge in [-0.1, -0.05) is 137 Å². The number of rotatable bonds is 18.